The van der Waals surface area contributed by atoms with Gasteiger partial charge < -0.3 is 14.7 Å². The van der Waals surface area contributed by atoms with Crippen molar-refractivity contribution in [2.75, 3.05) is 26.7 Å². The standard InChI is InChI=1S/C23H28N2O4/c1-24(16-22(26)27)20-6-5-14-25(15-13-20)23(28)19-11-9-18(10-12-19)17-29-21-7-3-2-4-8-21/h2-4,7-12,20H,5-6,13-17H2,1H3,(H,26,27). The summed E-state index contributed by atoms with van der Waals surface area (Å²) in [6, 6.07) is 17.4. The molecule has 1 amide bonds. The van der Waals surface area contributed by atoms with Crippen molar-refractivity contribution < 1.29 is 19.4 Å². The number of rotatable bonds is 7. The number of likely N-dealkylation sites (N-methyl/N-ethyl adjacent to an activating group) is 1. The number of amides is 1. The molecule has 0 bridgehead atoms. The molecule has 1 aliphatic heterocycles. The second-order valence-corrected chi connectivity index (χ2v) is 7.48. The van der Waals surface area contributed by atoms with Gasteiger partial charge in [0, 0.05) is 24.7 Å². The molecule has 29 heavy (non-hydrogen) atoms. The third kappa shape index (κ3) is 6.06. The highest BCUT2D eigenvalue weighted by Crippen LogP contribution is 2.18. The Kier molecular flexibility index (Phi) is 7.25. The monoisotopic (exact) mass is 396 g/mol. The molecule has 6 nitrogen and oxygen atoms in total. The average molecular weight is 396 g/mol. The zero-order valence-corrected chi connectivity index (χ0v) is 16.8. The molecule has 0 aromatic heterocycles. The number of hydrogen-bond acceptors (Lipinski definition) is 4. The van der Waals surface area contributed by atoms with Crippen LogP contribution in [0.1, 0.15) is 35.2 Å². The lowest BCUT2D eigenvalue weighted by molar-refractivity contribution is -0.138. The molecule has 2 aromatic carbocycles. The molecule has 1 saturated heterocycles. The van der Waals surface area contributed by atoms with Crippen molar-refractivity contribution in [3.05, 3.63) is 65.7 Å². The molecule has 1 N–H and O–H groups in total. The summed E-state index contributed by atoms with van der Waals surface area (Å²) in [5, 5.41) is 8.98. The highest BCUT2D eigenvalue weighted by Gasteiger charge is 2.24. The zero-order chi connectivity index (χ0) is 20.6. The number of hydrogen-bond donors (Lipinski definition) is 1. The summed E-state index contributed by atoms with van der Waals surface area (Å²) in [5.41, 5.74) is 1.68. The third-order valence-corrected chi connectivity index (χ3v) is 5.34. The summed E-state index contributed by atoms with van der Waals surface area (Å²) < 4.78 is 5.75. The van der Waals surface area contributed by atoms with E-state index in [9.17, 15) is 9.59 Å². The number of carbonyl (C=O) groups excluding carboxylic acids is 1. The van der Waals surface area contributed by atoms with Gasteiger partial charge in [0.05, 0.1) is 6.54 Å². The van der Waals surface area contributed by atoms with E-state index in [0.717, 1.165) is 30.6 Å². The van der Waals surface area contributed by atoms with Gasteiger partial charge in [0.15, 0.2) is 0 Å². The lowest BCUT2D eigenvalue weighted by atomic mass is 10.1. The van der Waals surface area contributed by atoms with Crippen LogP contribution in [-0.2, 0) is 11.4 Å². The molecule has 1 fully saturated rings. The Hall–Kier alpha value is -2.86. The molecule has 0 spiro atoms. The number of ether oxygens (including phenoxy) is 1. The number of carbonyl (C=O) groups is 2. The minimum absolute atomic E-state index is 0.0297. The van der Waals surface area contributed by atoms with Crippen LogP contribution in [0.2, 0.25) is 0 Å². The topological polar surface area (TPSA) is 70.1 Å². The molecular weight excluding hydrogens is 368 g/mol. The Bertz CT molecular complexity index is 807. The Balaban J connectivity index is 1.54. The van der Waals surface area contributed by atoms with Gasteiger partial charge in [0.25, 0.3) is 5.91 Å². The summed E-state index contributed by atoms with van der Waals surface area (Å²) in [5.74, 6) is 0.0303. The first kappa shape index (κ1) is 20.9. The predicted molar refractivity (Wildman–Crippen MR) is 111 cm³/mol. The minimum atomic E-state index is -0.819. The zero-order valence-electron chi connectivity index (χ0n) is 16.8. The van der Waals surface area contributed by atoms with E-state index in [2.05, 4.69) is 0 Å². The fourth-order valence-corrected chi connectivity index (χ4v) is 3.67. The number of likely N-dealkylation sites (tertiary alicyclic amines) is 1. The molecule has 3 rings (SSSR count). The van der Waals surface area contributed by atoms with E-state index < -0.39 is 5.97 Å². The van der Waals surface area contributed by atoms with Crippen molar-refractivity contribution in [2.45, 2.75) is 31.9 Å². The smallest absolute Gasteiger partial charge is 0.317 e. The second kappa shape index (κ2) is 10.1. The van der Waals surface area contributed by atoms with Crippen LogP contribution in [0.4, 0.5) is 0 Å². The molecule has 154 valence electrons. The van der Waals surface area contributed by atoms with Gasteiger partial charge >= 0.3 is 5.97 Å². The highest BCUT2D eigenvalue weighted by molar-refractivity contribution is 5.94. The molecule has 6 heteroatoms. The Morgan fingerprint density at radius 3 is 2.48 bits per heavy atom. The first-order chi connectivity index (χ1) is 14.0. The molecular formula is C23H28N2O4. The molecule has 0 aliphatic carbocycles. The van der Waals surface area contributed by atoms with Crippen LogP contribution < -0.4 is 4.74 Å². The van der Waals surface area contributed by atoms with Crippen LogP contribution in [-0.4, -0.2) is 59.5 Å². The van der Waals surface area contributed by atoms with Gasteiger partial charge in [-0.3, -0.25) is 14.5 Å². The maximum Gasteiger partial charge on any atom is 0.317 e. The Morgan fingerprint density at radius 1 is 1.07 bits per heavy atom. The molecule has 0 saturated carbocycles. The maximum absolute atomic E-state index is 12.9. The number of benzene rings is 2. The molecule has 1 atom stereocenters. The van der Waals surface area contributed by atoms with E-state index in [-0.39, 0.29) is 18.5 Å². The minimum Gasteiger partial charge on any atom is -0.489 e. The Morgan fingerprint density at radius 2 is 1.79 bits per heavy atom. The van der Waals surface area contributed by atoms with E-state index in [0.29, 0.717) is 25.3 Å². The lowest BCUT2D eigenvalue weighted by Crippen LogP contribution is -2.37. The van der Waals surface area contributed by atoms with Crippen molar-refractivity contribution in [3.8, 4) is 5.75 Å². The van der Waals surface area contributed by atoms with Crippen molar-refractivity contribution in [3.63, 3.8) is 0 Å². The van der Waals surface area contributed by atoms with Crippen LogP contribution >= 0.6 is 0 Å². The molecule has 1 unspecified atom stereocenters. The first-order valence-electron chi connectivity index (χ1n) is 10.0. The van der Waals surface area contributed by atoms with Crippen molar-refractivity contribution >= 4 is 11.9 Å². The second-order valence-electron chi connectivity index (χ2n) is 7.48. The van der Waals surface area contributed by atoms with E-state index in [1.165, 1.54) is 0 Å². The van der Waals surface area contributed by atoms with E-state index >= 15 is 0 Å². The van der Waals surface area contributed by atoms with Crippen molar-refractivity contribution in [1.29, 1.82) is 0 Å². The molecule has 0 radical (unpaired) electrons. The number of carboxylic acid groups (broad SMARTS) is 1. The number of para-hydroxylation sites is 1. The predicted octanol–water partition coefficient (Wildman–Crippen LogP) is 3.28. The molecule has 1 aliphatic rings. The van der Waals surface area contributed by atoms with Gasteiger partial charge in [-0.25, -0.2) is 0 Å². The fraction of sp³-hybridized carbons (Fsp3) is 0.391. The first-order valence-corrected chi connectivity index (χ1v) is 10.0. The fourth-order valence-electron chi connectivity index (χ4n) is 3.67. The summed E-state index contributed by atoms with van der Waals surface area (Å²) >= 11 is 0. The molecule has 1 heterocycles. The van der Waals surface area contributed by atoms with Gasteiger partial charge in [-0.2, -0.15) is 0 Å². The van der Waals surface area contributed by atoms with E-state index in [1.54, 1.807) is 0 Å². The summed E-state index contributed by atoms with van der Waals surface area (Å²) in [7, 11) is 1.84. The van der Waals surface area contributed by atoms with Crippen molar-refractivity contribution in [2.24, 2.45) is 0 Å². The SMILES string of the molecule is CN(CC(=O)O)C1CCCN(C(=O)c2ccc(COc3ccccc3)cc2)CC1. The van der Waals surface area contributed by atoms with Crippen LogP contribution in [0.3, 0.4) is 0 Å². The van der Waals surface area contributed by atoms with Gasteiger partial charge in [-0.15, -0.1) is 0 Å². The Labute approximate surface area is 171 Å². The number of aliphatic carboxylic acids is 1. The molecule has 2 aromatic rings. The summed E-state index contributed by atoms with van der Waals surface area (Å²) in [4.78, 5) is 27.6. The normalized spacial score (nSPS) is 17.0. The van der Waals surface area contributed by atoms with Crippen molar-refractivity contribution in [1.82, 2.24) is 9.80 Å². The third-order valence-electron chi connectivity index (χ3n) is 5.34. The van der Waals surface area contributed by atoms with E-state index in [1.807, 2.05) is 71.4 Å². The van der Waals surface area contributed by atoms with Gasteiger partial charge in [-0.05, 0) is 56.1 Å². The van der Waals surface area contributed by atoms with Crippen LogP contribution in [0.5, 0.6) is 5.75 Å². The average Bonchev–Trinajstić information content (AvgIpc) is 2.99. The van der Waals surface area contributed by atoms with Gasteiger partial charge in [-0.1, -0.05) is 30.3 Å². The summed E-state index contributed by atoms with van der Waals surface area (Å²) in [6.07, 6.45) is 2.57. The largest absolute Gasteiger partial charge is 0.489 e. The van der Waals surface area contributed by atoms with Crippen LogP contribution in [0.25, 0.3) is 0 Å². The quantitative estimate of drug-likeness (QED) is 0.778. The van der Waals surface area contributed by atoms with Gasteiger partial charge in [0.1, 0.15) is 12.4 Å². The van der Waals surface area contributed by atoms with Crippen LogP contribution in [0, 0.1) is 0 Å². The highest BCUT2D eigenvalue weighted by atomic mass is 16.5. The lowest BCUT2D eigenvalue weighted by Gasteiger charge is -2.25. The number of carboxylic acids is 1. The number of nitrogens with zero attached hydrogens (tertiary/aromatic N) is 2. The van der Waals surface area contributed by atoms with Crippen LogP contribution in [0.15, 0.2) is 54.6 Å². The summed E-state index contributed by atoms with van der Waals surface area (Å²) in [6.45, 7) is 1.84. The maximum atomic E-state index is 12.9. The van der Waals surface area contributed by atoms with Gasteiger partial charge in [0.2, 0.25) is 0 Å². The van der Waals surface area contributed by atoms with E-state index in [4.69, 9.17) is 9.84 Å².